The van der Waals surface area contributed by atoms with Crippen molar-refractivity contribution in [2.45, 2.75) is 25.1 Å². The minimum absolute atomic E-state index is 0.326. The van der Waals surface area contributed by atoms with Crippen LogP contribution in [0.4, 0.5) is 0 Å². The molecule has 2 atom stereocenters. The molecule has 2 heterocycles. The molecule has 1 aromatic heterocycles. The number of aromatic nitrogens is 2. The van der Waals surface area contributed by atoms with Crippen molar-refractivity contribution in [3.8, 4) is 0 Å². The van der Waals surface area contributed by atoms with Crippen molar-refractivity contribution in [2.75, 3.05) is 25.4 Å². The lowest BCUT2D eigenvalue weighted by atomic mass is 10.1. The van der Waals surface area contributed by atoms with Gasteiger partial charge >= 0.3 is 0 Å². The maximum Gasteiger partial charge on any atom is 0.0641 e. The van der Waals surface area contributed by atoms with Crippen LogP contribution in [0.25, 0.3) is 0 Å². The second-order valence-electron chi connectivity index (χ2n) is 4.77. The van der Waals surface area contributed by atoms with E-state index in [9.17, 15) is 0 Å². The average Bonchev–Trinajstić information content (AvgIpc) is 2.59. The summed E-state index contributed by atoms with van der Waals surface area (Å²) in [4.78, 5) is 2.51. The van der Waals surface area contributed by atoms with Gasteiger partial charge < -0.3 is 5.73 Å². The molecule has 1 aliphatic heterocycles. The lowest BCUT2D eigenvalue weighted by Crippen LogP contribution is -2.42. The van der Waals surface area contributed by atoms with Gasteiger partial charge in [-0.05, 0) is 6.92 Å². The van der Waals surface area contributed by atoms with Gasteiger partial charge in [-0.3, -0.25) is 9.58 Å². The van der Waals surface area contributed by atoms with Crippen LogP contribution in [0.2, 0.25) is 0 Å². The number of hydrogen-bond acceptors (Lipinski definition) is 4. The van der Waals surface area contributed by atoms with Gasteiger partial charge in [0.05, 0.1) is 11.7 Å². The van der Waals surface area contributed by atoms with Gasteiger partial charge in [-0.2, -0.15) is 16.9 Å². The lowest BCUT2D eigenvalue weighted by Gasteiger charge is -2.36. The number of aryl methyl sites for hydroxylation is 2. The Kier molecular flexibility index (Phi) is 4.12. The Morgan fingerprint density at radius 3 is 2.94 bits per heavy atom. The monoisotopic (exact) mass is 254 g/mol. The van der Waals surface area contributed by atoms with Gasteiger partial charge in [-0.15, -0.1) is 0 Å². The summed E-state index contributed by atoms with van der Waals surface area (Å²) in [6.45, 7) is 7.29. The third-order valence-electron chi connectivity index (χ3n) is 3.35. The van der Waals surface area contributed by atoms with Crippen LogP contribution < -0.4 is 5.73 Å². The van der Waals surface area contributed by atoms with E-state index < -0.39 is 0 Å². The normalized spacial score (nSPS) is 23.9. The second kappa shape index (κ2) is 5.42. The highest BCUT2D eigenvalue weighted by atomic mass is 32.2. The fourth-order valence-electron chi connectivity index (χ4n) is 2.55. The Bertz CT molecular complexity index is 377. The molecule has 1 fully saturated rings. The molecule has 2 unspecified atom stereocenters. The van der Waals surface area contributed by atoms with Crippen LogP contribution in [0.3, 0.4) is 0 Å². The van der Waals surface area contributed by atoms with Crippen molar-refractivity contribution in [3.63, 3.8) is 0 Å². The predicted molar refractivity (Wildman–Crippen MR) is 73.2 cm³/mol. The summed E-state index contributed by atoms with van der Waals surface area (Å²) in [6, 6.07) is 0.326. The highest BCUT2D eigenvalue weighted by Crippen LogP contribution is 2.27. The maximum absolute atomic E-state index is 5.97. The van der Waals surface area contributed by atoms with Crippen molar-refractivity contribution in [2.24, 2.45) is 12.8 Å². The highest BCUT2D eigenvalue weighted by molar-refractivity contribution is 7.99. The molecule has 0 amide bonds. The molecule has 1 saturated heterocycles. The SMILES string of the molecule is Cc1nn(C)cc1C(CN)N1CCSC(C)C1. The van der Waals surface area contributed by atoms with Crippen LogP contribution in [0, 0.1) is 6.92 Å². The van der Waals surface area contributed by atoms with Gasteiger partial charge in [0.2, 0.25) is 0 Å². The zero-order chi connectivity index (χ0) is 12.4. The van der Waals surface area contributed by atoms with Crippen LogP contribution in [0.5, 0.6) is 0 Å². The fourth-order valence-corrected chi connectivity index (χ4v) is 3.59. The summed E-state index contributed by atoms with van der Waals surface area (Å²) in [5.74, 6) is 1.21. The minimum Gasteiger partial charge on any atom is -0.329 e. The van der Waals surface area contributed by atoms with Gasteiger partial charge in [-0.25, -0.2) is 0 Å². The van der Waals surface area contributed by atoms with Gasteiger partial charge in [0.15, 0.2) is 0 Å². The molecule has 0 spiro atoms. The molecule has 4 nitrogen and oxygen atoms in total. The summed E-state index contributed by atoms with van der Waals surface area (Å²) in [5.41, 5.74) is 8.37. The Morgan fingerprint density at radius 1 is 1.65 bits per heavy atom. The van der Waals surface area contributed by atoms with E-state index in [1.807, 2.05) is 11.7 Å². The standard InChI is InChI=1S/C12H22N4S/c1-9-7-16(4-5-17-9)12(6-13)11-8-15(3)14-10(11)2/h8-9,12H,4-7,13H2,1-3H3. The molecule has 2 N–H and O–H groups in total. The smallest absolute Gasteiger partial charge is 0.0641 e. The van der Waals surface area contributed by atoms with Crippen molar-refractivity contribution >= 4 is 11.8 Å². The van der Waals surface area contributed by atoms with E-state index in [1.54, 1.807) is 0 Å². The summed E-state index contributed by atoms with van der Waals surface area (Å²) in [5, 5.41) is 5.13. The van der Waals surface area contributed by atoms with Crippen LogP contribution in [-0.2, 0) is 7.05 Å². The first-order valence-corrected chi connectivity index (χ1v) is 7.22. The number of nitrogens with two attached hydrogens (primary N) is 1. The lowest BCUT2D eigenvalue weighted by molar-refractivity contribution is 0.210. The molecule has 0 bridgehead atoms. The molecule has 0 aliphatic carbocycles. The van der Waals surface area contributed by atoms with Crippen molar-refractivity contribution in [3.05, 3.63) is 17.5 Å². The Balaban J connectivity index is 2.18. The van der Waals surface area contributed by atoms with E-state index in [2.05, 4.69) is 41.8 Å². The molecular weight excluding hydrogens is 232 g/mol. The first kappa shape index (κ1) is 12.9. The fraction of sp³-hybridized carbons (Fsp3) is 0.750. The van der Waals surface area contributed by atoms with Crippen molar-refractivity contribution in [1.82, 2.24) is 14.7 Å². The molecule has 17 heavy (non-hydrogen) atoms. The second-order valence-corrected chi connectivity index (χ2v) is 6.32. The summed E-state index contributed by atoms with van der Waals surface area (Å²) in [6.07, 6.45) is 2.11. The predicted octanol–water partition coefficient (Wildman–Crippen LogP) is 1.17. The Labute approximate surface area is 108 Å². The molecule has 0 aromatic carbocycles. The topological polar surface area (TPSA) is 47.1 Å². The summed E-state index contributed by atoms with van der Waals surface area (Å²) in [7, 11) is 1.97. The molecule has 1 aliphatic rings. The van der Waals surface area contributed by atoms with E-state index in [1.165, 1.54) is 11.3 Å². The van der Waals surface area contributed by atoms with Crippen LogP contribution >= 0.6 is 11.8 Å². The van der Waals surface area contributed by atoms with Crippen LogP contribution in [0.15, 0.2) is 6.20 Å². The molecule has 0 saturated carbocycles. The minimum atomic E-state index is 0.326. The quantitative estimate of drug-likeness (QED) is 0.879. The number of hydrogen-bond donors (Lipinski definition) is 1. The molecular formula is C12H22N4S. The van der Waals surface area contributed by atoms with Gasteiger partial charge in [0, 0.05) is 49.4 Å². The van der Waals surface area contributed by atoms with Gasteiger partial charge in [0.1, 0.15) is 0 Å². The van der Waals surface area contributed by atoms with E-state index >= 15 is 0 Å². The highest BCUT2D eigenvalue weighted by Gasteiger charge is 2.26. The third-order valence-corrected chi connectivity index (χ3v) is 4.48. The zero-order valence-corrected chi connectivity index (χ0v) is 11.7. The largest absolute Gasteiger partial charge is 0.329 e. The Hall–Kier alpha value is -0.520. The third kappa shape index (κ3) is 2.84. The van der Waals surface area contributed by atoms with E-state index in [0.717, 1.165) is 18.8 Å². The average molecular weight is 254 g/mol. The van der Waals surface area contributed by atoms with Crippen molar-refractivity contribution in [1.29, 1.82) is 0 Å². The van der Waals surface area contributed by atoms with E-state index in [-0.39, 0.29) is 0 Å². The maximum atomic E-state index is 5.97. The van der Waals surface area contributed by atoms with Crippen LogP contribution in [0.1, 0.15) is 24.2 Å². The van der Waals surface area contributed by atoms with E-state index in [4.69, 9.17) is 5.73 Å². The number of thioether (sulfide) groups is 1. The first-order chi connectivity index (χ1) is 8.11. The number of rotatable bonds is 3. The summed E-state index contributed by atoms with van der Waals surface area (Å²) >= 11 is 2.05. The molecule has 96 valence electrons. The number of nitrogens with zero attached hydrogens (tertiary/aromatic N) is 3. The molecule has 1 aromatic rings. The molecule has 5 heteroatoms. The van der Waals surface area contributed by atoms with Crippen LogP contribution in [-0.4, -0.2) is 45.3 Å². The van der Waals surface area contributed by atoms with Gasteiger partial charge in [0.25, 0.3) is 0 Å². The van der Waals surface area contributed by atoms with Gasteiger partial charge in [-0.1, -0.05) is 6.92 Å². The van der Waals surface area contributed by atoms with Crippen molar-refractivity contribution < 1.29 is 0 Å². The first-order valence-electron chi connectivity index (χ1n) is 6.17. The summed E-state index contributed by atoms with van der Waals surface area (Å²) < 4.78 is 1.88. The zero-order valence-electron chi connectivity index (χ0n) is 10.9. The van der Waals surface area contributed by atoms with E-state index in [0.29, 0.717) is 17.8 Å². The Morgan fingerprint density at radius 2 is 2.41 bits per heavy atom. The molecule has 0 radical (unpaired) electrons. The molecule has 2 rings (SSSR count).